The Kier molecular flexibility index (Phi) is 3.60. The summed E-state index contributed by atoms with van der Waals surface area (Å²) >= 11 is 0. The van der Waals surface area contributed by atoms with Crippen LogP contribution in [0.1, 0.15) is 28.8 Å². The van der Waals surface area contributed by atoms with Crippen molar-refractivity contribution in [1.29, 1.82) is 0 Å². The molecule has 21 heavy (non-hydrogen) atoms. The third-order valence-electron chi connectivity index (χ3n) is 3.70. The summed E-state index contributed by atoms with van der Waals surface area (Å²) in [6.07, 6.45) is 1.96. The highest BCUT2D eigenvalue weighted by Crippen LogP contribution is 2.30. The molecule has 2 N–H and O–H groups in total. The molecule has 0 radical (unpaired) electrons. The highest BCUT2D eigenvalue weighted by atomic mass is 19.1. The molecule has 1 aliphatic carbocycles. The number of nitrogens with two attached hydrogens (primary N) is 1. The molecular weight excluding hydrogens is 267 g/mol. The molecule has 0 saturated heterocycles. The van der Waals surface area contributed by atoms with E-state index in [9.17, 15) is 9.18 Å². The predicted molar refractivity (Wildman–Crippen MR) is 80.1 cm³/mol. The van der Waals surface area contributed by atoms with Gasteiger partial charge >= 0.3 is 0 Å². The maximum Gasteiger partial charge on any atom is 0.254 e. The molecule has 1 amide bonds. The van der Waals surface area contributed by atoms with Crippen molar-refractivity contribution in [2.45, 2.75) is 25.4 Å². The van der Waals surface area contributed by atoms with Gasteiger partial charge in [-0.3, -0.25) is 4.79 Å². The molecule has 2 aromatic carbocycles. The Bertz CT molecular complexity index is 650. The van der Waals surface area contributed by atoms with Gasteiger partial charge in [0.15, 0.2) is 0 Å². The van der Waals surface area contributed by atoms with Gasteiger partial charge < -0.3 is 10.6 Å². The maximum absolute atomic E-state index is 13.8. The number of nitrogens with zero attached hydrogens (tertiary/aromatic N) is 1. The lowest BCUT2D eigenvalue weighted by atomic mass is 10.1. The number of hydrogen-bond donors (Lipinski definition) is 1. The van der Waals surface area contributed by atoms with E-state index in [0.29, 0.717) is 23.4 Å². The quantitative estimate of drug-likeness (QED) is 0.876. The monoisotopic (exact) mass is 284 g/mol. The molecule has 3 nitrogen and oxygen atoms in total. The van der Waals surface area contributed by atoms with Crippen molar-refractivity contribution >= 4 is 11.6 Å². The minimum Gasteiger partial charge on any atom is -0.399 e. The summed E-state index contributed by atoms with van der Waals surface area (Å²) in [7, 11) is 0. The van der Waals surface area contributed by atoms with Crippen molar-refractivity contribution < 1.29 is 9.18 Å². The summed E-state index contributed by atoms with van der Waals surface area (Å²) in [6, 6.07) is 13.7. The fourth-order valence-corrected chi connectivity index (χ4v) is 2.35. The van der Waals surface area contributed by atoms with Gasteiger partial charge in [-0.15, -0.1) is 0 Å². The Morgan fingerprint density at radius 1 is 1.14 bits per heavy atom. The highest BCUT2D eigenvalue weighted by Gasteiger charge is 2.33. The van der Waals surface area contributed by atoms with Gasteiger partial charge in [-0.25, -0.2) is 4.39 Å². The van der Waals surface area contributed by atoms with E-state index < -0.39 is 0 Å². The fraction of sp³-hybridized carbons (Fsp3) is 0.235. The first kappa shape index (κ1) is 13.6. The van der Waals surface area contributed by atoms with E-state index in [0.717, 1.165) is 12.8 Å². The summed E-state index contributed by atoms with van der Waals surface area (Å²) in [5.41, 5.74) is 7.41. The molecule has 108 valence electrons. The smallest absolute Gasteiger partial charge is 0.254 e. The lowest BCUT2D eigenvalue weighted by molar-refractivity contribution is 0.0728. The molecule has 0 unspecified atom stereocenters. The summed E-state index contributed by atoms with van der Waals surface area (Å²) < 4.78 is 13.8. The van der Waals surface area contributed by atoms with Crippen LogP contribution in [0.3, 0.4) is 0 Å². The first-order chi connectivity index (χ1) is 10.1. The zero-order valence-corrected chi connectivity index (χ0v) is 11.6. The van der Waals surface area contributed by atoms with Gasteiger partial charge in [-0.2, -0.15) is 0 Å². The summed E-state index contributed by atoms with van der Waals surface area (Å²) in [4.78, 5) is 14.4. The normalized spacial score (nSPS) is 14.0. The van der Waals surface area contributed by atoms with Crippen molar-refractivity contribution in [3.05, 3.63) is 65.5 Å². The van der Waals surface area contributed by atoms with E-state index in [2.05, 4.69) is 0 Å². The van der Waals surface area contributed by atoms with Crippen LogP contribution < -0.4 is 5.73 Å². The van der Waals surface area contributed by atoms with Gasteiger partial charge in [0.2, 0.25) is 0 Å². The minimum absolute atomic E-state index is 0.0687. The Morgan fingerprint density at radius 3 is 2.43 bits per heavy atom. The second-order valence-electron chi connectivity index (χ2n) is 5.38. The molecule has 0 heterocycles. The van der Waals surface area contributed by atoms with Gasteiger partial charge in [-0.1, -0.05) is 18.2 Å². The van der Waals surface area contributed by atoms with Crippen LogP contribution in [0.25, 0.3) is 0 Å². The van der Waals surface area contributed by atoms with E-state index in [4.69, 9.17) is 5.73 Å². The molecule has 1 fully saturated rings. The van der Waals surface area contributed by atoms with Crippen molar-refractivity contribution in [2.24, 2.45) is 0 Å². The second kappa shape index (κ2) is 5.56. The average molecular weight is 284 g/mol. The molecule has 1 aliphatic rings. The molecule has 1 saturated carbocycles. The molecule has 4 heteroatoms. The van der Waals surface area contributed by atoms with Gasteiger partial charge in [0.1, 0.15) is 5.82 Å². The molecule has 0 aliphatic heterocycles. The van der Waals surface area contributed by atoms with E-state index >= 15 is 0 Å². The van der Waals surface area contributed by atoms with Crippen LogP contribution in [0.15, 0.2) is 48.5 Å². The second-order valence-corrected chi connectivity index (χ2v) is 5.38. The van der Waals surface area contributed by atoms with Crippen LogP contribution in [-0.2, 0) is 6.54 Å². The highest BCUT2D eigenvalue weighted by molar-refractivity contribution is 5.94. The van der Waals surface area contributed by atoms with Gasteiger partial charge in [0.05, 0.1) is 0 Å². The molecule has 0 bridgehead atoms. The number of anilines is 1. The Morgan fingerprint density at radius 2 is 1.81 bits per heavy atom. The van der Waals surface area contributed by atoms with Gasteiger partial charge in [0, 0.05) is 29.4 Å². The number of benzene rings is 2. The largest absolute Gasteiger partial charge is 0.399 e. The average Bonchev–Trinajstić information content (AvgIpc) is 3.31. The molecule has 0 spiro atoms. The summed E-state index contributed by atoms with van der Waals surface area (Å²) in [5, 5.41) is 0. The zero-order valence-electron chi connectivity index (χ0n) is 11.6. The van der Waals surface area contributed by atoms with Crippen LogP contribution >= 0.6 is 0 Å². The SMILES string of the molecule is Nc1ccc(C(=O)N(Cc2ccccc2F)C2CC2)cc1. The lowest BCUT2D eigenvalue weighted by Crippen LogP contribution is -2.32. The Labute approximate surface area is 123 Å². The first-order valence-corrected chi connectivity index (χ1v) is 7.05. The van der Waals surface area contributed by atoms with Crippen molar-refractivity contribution in [3.63, 3.8) is 0 Å². The van der Waals surface area contributed by atoms with Crippen LogP contribution in [0.4, 0.5) is 10.1 Å². The third-order valence-corrected chi connectivity index (χ3v) is 3.70. The zero-order chi connectivity index (χ0) is 14.8. The number of carbonyl (C=O) groups is 1. The standard InChI is InChI=1S/C17H17FN2O/c18-16-4-2-1-3-13(16)11-20(15-9-10-15)17(21)12-5-7-14(19)8-6-12/h1-8,15H,9-11,19H2. The van der Waals surface area contributed by atoms with Crippen molar-refractivity contribution in [1.82, 2.24) is 4.90 Å². The number of halogens is 1. The summed E-state index contributed by atoms with van der Waals surface area (Å²) in [5.74, 6) is -0.339. The van der Waals surface area contributed by atoms with Crippen molar-refractivity contribution in [3.8, 4) is 0 Å². The summed E-state index contributed by atoms with van der Waals surface area (Å²) in [6.45, 7) is 0.306. The number of hydrogen-bond acceptors (Lipinski definition) is 2. The molecule has 2 aromatic rings. The van der Waals surface area contributed by atoms with Gasteiger partial charge in [-0.05, 0) is 43.2 Å². The number of rotatable bonds is 4. The fourth-order valence-electron chi connectivity index (χ4n) is 2.35. The molecule has 0 atom stereocenters. The van der Waals surface area contributed by atoms with Crippen LogP contribution in [0.2, 0.25) is 0 Å². The van der Waals surface area contributed by atoms with Crippen LogP contribution in [0.5, 0.6) is 0 Å². The van der Waals surface area contributed by atoms with Crippen LogP contribution in [0, 0.1) is 5.82 Å². The molecule has 3 rings (SSSR count). The molecular formula is C17H17FN2O. The predicted octanol–water partition coefficient (Wildman–Crippen LogP) is 3.21. The first-order valence-electron chi connectivity index (χ1n) is 7.05. The number of carbonyl (C=O) groups excluding carboxylic acids is 1. The van der Waals surface area contributed by atoms with E-state index in [-0.39, 0.29) is 17.8 Å². The van der Waals surface area contributed by atoms with Crippen LogP contribution in [-0.4, -0.2) is 16.8 Å². The Hall–Kier alpha value is -2.36. The van der Waals surface area contributed by atoms with E-state index in [1.54, 1.807) is 47.4 Å². The van der Waals surface area contributed by atoms with Crippen molar-refractivity contribution in [2.75, 3.05) is 5.73 Å². The minimum atomic E-state index is -0.270. The van der Waals surface area contributed by atoms with Gasteiger partial charge in [0.25, 0.3) is 5.91 Å². The molecule has 0 aromatic heterocycles. The topological polar surface area (TPSA) is 46.3 Å². The number of nitrogen functional groups attached to an aromatic ring is 1. The lowest BCUT2D eigenvalue weighted by Gasteiger charge is -2.23. The maximum atomic E-state index is 13.8. The third kappa shape index (κ3) is 3.05. The number of amides is 1. The Balaban J connectivity index is 1.83. The van der Waals surface area contributed by atoms with E-state index in [1.807, 2.05) is 0 Å². The van der Waals surface area contributed by atoms with E-state index in [1.165, 1.54) is 6.07 Å².